The van der Waals surface area contributed by atoms with E-state index in [0.29, 0.717) is 27.3 Å². The zero-order valence-corrected chi connectivity index (χ0v) is 16.0. The van der Waals surface area contributed by atoms with E-state index in [1.165, 1.54) is 11.3 Å². The number of benzene rings is 2. The Bertz CT molecular complexity index is 1270. The Labute approximate surface area is 159 Å². The summed E-state index contributed by atoms with van der Waals surface area (Å²) in [6, 6.07) is 7.73. The number of nitrogens with zero attached hydrogens (tertiary/aromatic N) is 1. The lowest BCUT2D eigenvalue weighted by Crippen LogP contribution is -2.15. The molecule has 0 unspecified atom stereocenters. The van der Waals surface area contributed by atoms with Gasteiger partial charge in [-0.3, -0.25) is 9.59 Å². The van der Waals surface area contributed by atoms with Crippen LogP contribution < -0.4 is 11.5 Å². The van der Waals surface area contributed by atoms with Crippen molar-refractivity contribution in [1.82, 2.24) is 9.97 Å². The molecular formula is C20H18N4O2S. The summed E-state index contributed by atoms with van der Waals surface area (Å²) < 4.78 is 0.962. The molecule has 4 aromatic rings. The van der Waals surface area contributed by atoms with Gasteiger partial charge in [0.15, 0.2) is 0 Å². The van der Waals surface area contributed by atoms with Crippen molar-refractivity contribution in [1.29, 1.82) is 0 Å². The Hall–Kier alpha value is -3.19. The topological polar surface area (TPSA) is 115 Å². The third-order valence-corrected chi connectivity index (χ3v) is 6.23. The number of rotatable bonds is 3. The molecule has 2 amide bonds. The van der Waals surface area contributed by atoms with Gasteiger partial charge in [-0.25, -0.2) is 4.98 Å². The van der Waals surface area contributed by atoms with Gasteiger partial charge in [0.1, 0.15) is 10.7 Å². The van der Waals surface area contributed by atoms with Crippen LogP contribution in [0.5, 0.6) is 0 Å². The summed E-state index contributed by atoms with van der Waals surface area (Å²) in [4.78, 5) is 32.5. The molecule has 0 spiro atoms. The Morgan fingerprint density at radius 2 is 1.70 bits per heavy atom. The van der Waals surface area contributed by atoms with E-state index in [0.717, 1.165) is 32.3 Å². The highest BCUT2D eigenvalue weighted by atomic mass is 32.1. The second kappa shape index (κ2) is 5.92. The molecule has 6 nitrogen and oxygen atoms in total. The van der Waals surface area contributed by atoms with Crippen molar-refractivity contribution in [2.24, 2.45) is 11.5 Å². The molecule has 4 rings (SSSR count). The van der Waals surface area contributed by atoms with Crippen LogP contribution in [-0.2, 0) is 0 Å². The predicted molar refractivity (Wildman–Crippen MR) is 108 cm³/mol. The van der Waals surface area contributed by atoms with E-state index >= 15 is 0 Å². The third kappa shape index (κ3) is 2.43. The number of amides is 2. The summed E-state index contributed by atoms with van der Waals surface area (Å²) in [6.45, 7) is 5.63. The van der Waals surface area contributed by atoms with Crippen molar-refractivity contribution in [3.8, 4) is 11.4 Å². The van der Waals surface area contributed by atoms with Crippen LogP contribution in [0, 0.1) is 20.8 Å². The summed E-state index contributed by atoms with van der Waals surface area (Å²) >= 11 is 1.35. The second-order valence-electron chi connectivity index (χ2n) is 6.59. The lowest BCUT2D eigenvalue weighted by Gasteiger charge is -2.10. The van der Waals surface area contributed by atoms with E-state index in [2.05, 4.69) is 4.98 Å². The number of hydrogen-bond acceptors (Lipinski definition) is 4. The van der Waals surface area contributed by atoms with Crippen LogP contribution in [0.15, 0.2) is 24.3 Å². The summed E-state index contributed by atoms with van der Waals surface area (Å²) in [5.41, 5.74) is 16.3. The first-order valence-electron chi connectivity index (χ1n) is 8.42. The maximum absolute atomic E-state index is 12.0. The van der Waals surface area contributed by atoms with Crippen LogP contribution in [0.1, 0.15) is 36.7 Å². The van der Waals surface area contributed by atoms with Gasteiger partial charge in [0.05, 0.1) is 11.0 Å². The van der Waals surface area contributed by atoms with E-state index in [9.17, 15) is 9.59 Å². The Morgan fingerprint density at radius 1 is 1.00 bits per heavy atom. The molecule has 5 N–H and O–H groups in total. The van der Waals surface area contributed by atoms with Crippen molar-refractivity contribution in [3.05, 3.63) is 51.4 Å². The predicted octanol–water partition coefficient (Wildman–Crippen LogP) is 3.57. The Morgan fingerprint density at radius 3 is 2.37 bits per heavy atom. The lowest BCUT2D eigenvalue weighted by atomic mass is 9.96. The molecule has 0 fully saturated rings. The molecule has 27 heavy (non-hydrogen) atoms. The smallest absolute Gasteiger partial charge is 0.259 e. The first-order valence-corrected chi connectivity index (χ1v) is 9.23. The number of nitrogens with two attached hydrogens (primary N) is 2. The molecule has 0 saturated carbocycles. The molecule has 0 atom stereocenters. The highest BCUT2D eigenvalue weighted by molar-refractivity contribution is 7.21. The van der Waals surface area contributed by atoms with Gasteiger partial charge >= 0.3 is 0 Å². The molecule has 0 saturated heterocycles. The van der Waals surface area contributed by atoms with E-state index in [1.807, 2.05) is 45.0 Å². The van der Waals surface area contributed by atoms with E-state index in [4.69, 9.17) is 16.5 Å². The number of aromatic nitrogens is 2. The maximum atomic E-state index is 12.0. The number of fused-ring (bicyclic) bond motifs is 2. The van der Waals surface area contributed by atoms with E-state index in [1.54, 1.807) is 0 Å². The first-order chi connectivity index (χ1) is 12.8. The highest BCUT2D eigenvalue weighted by Gasteiger charge is 2.23. The van der Waals surface area contributed by atoms with Gasteiger partial charge in [-0.05, 0) is 43.5 Å². The third-order valence-electron chi connectivity index (χ3n) is 5.05. The summed E-state index contributed by atoms with van der Waals surface area (Å²) in [6.07, 6.45) is 0. The molecule has 2 aromatic heterocycles. The number of primary amides is 2. The fourth-order valence-corrected chi connectivity index (χ4v) is 4.69. The summed E-state index contributed by atoms with van der Waals surface area (Å²) in [5.74, 6) is -0.407. The fraction of sp³-hybridized carbons (Fsp3) is 0.150. The monoisotopic (exact) mass is 378 g/mol. The molecule has 2 aromatic carbocycles. The lowest BCUT2D eigenvalue weighted by molar-refractivity contribution is 0.0993. The molecule has 0 radical (unpaired) electrons. The Balaban J connectivity index is 2.10. The van der Waals surface area contributed by atoms with Crippen LogP contribution in [0.3, 0.4) is 0 Å². The molecule has 2 heterocycles. The molecular weight excluding hydrogens is 360 g/mol. The van der Waals surface area contributed by atoms with Crippen molar-refractivity contribution in [3.63, 3.8) is 0 Å². The molecule has 136 valence electrons. The van der Waals surface area contributed by atoms with Crippen LogP contribution in [0.4, 0.5) is 0 Å². The van der Waals surface area contributed by atoms with E-state index in [-0.39, 0.29) is 0 Å². The minimum Gasteiger partial charge on any atom is -0.366 e. The number of thiophene rings is 1. The number of carbonyl (C=O) groups is 2. The standard InChI is InChI=1S/C20H18N4O2S/c1-8-9(2)15-16(10(3)13(8)18(21)25)24-20(23-15)14-11-6-4-5-7-12(11)27-17(14)19(22)26/h4-7H,1-3H3,(H2,21,25)(H2,22,26)(H,23,24). The molecule has 0 aliphatic heterocycles. The minimum atomic E-state index is -0.492. The van der Waals surface area contributed by atoms with Gasteiger partial charge in [-0.1, -0.05) is 18.2 Å². The van der Waals surface area contributed by atoms with Gasteiger partial charge in [-0.2, -0.15) is 0 Å². The quantitative estimate of drug-likeness (QED) is 0.506. The van der Waals surface area contributed by atoms with Crippen molar-refractivity contribution >= 4 is 44.3 Å². The number of aromatic amines is 1. The van der Waals surface area contributed by atoms with Gasteiger partial charge in [-0.15, -0.1) is 11.3 Å². The van der Waals surface area contributed by atoms with Crippen LogP contribution in [-0.4, -0.2) is 21.8 Å². The summed E-state index contributed by atoms with van der Waals surface area (Å²) in [7, 11) is 0. The van der Waals surface area contributed by atoms with Gasteiger partial charge in [0, 0.05) is 21.2 Å². The number of nitrogens with one attached hydrogen (secondary N) is 1. The number of hydrogen-bond donors (Lipinski definition) is 3. The number of imidazole rings is 1. The minimum absolute atomic E-state index is 0.456. The average Bonchev–Trinajstić information content (AvgIpc) is 3.21. The fourth-order valence-electron chi connectivity index (χ4n) is 3.63. The zero-order chi connectivity index (χ0) is 19.5. The normalized spacial score (nSPS) is 11.4. The number of carbonyl (C=O) groups excluding carboxylic acids is 2. The van der Waals surface area contributed by atoms with Crippen LogP contribution in [0.2, 0.25) is 0 Å². The van der Waals surface area contributed by atoms with Crippen molar-refractivity contribution in [2.75, 3.05) is 0 Å². The maximum Gasteiger partial charge on any atom is 0.259 e. The number of aryl methyl sites for hydroxylation is 2. The molecule has 0 bridgehead atoms. The van der Waals surface area contributed by atoms with Crippen LogP contribution >= 0.6 is 11.3 Å². The average molecular weight is 378 g/mol. The molecule has 7 heteroatoms. The van der Waals surface area contributed by atoms with Gasteiger partial charge in [0.25, 0.3) is 5.91 Å². The molecule has 0 aliphatic rings. The second-order valence-corrected chi connectivity index (χ2v) is 7.64. The summed E-state index contributed by atoms with van der Waals surface area (Å²) in [5, 5.41) is 0.914. The molecule has 0 aliphatic carbocycles. The largest absolute Gasteiger partial charge is 0.366 e. The van der Waals surface area contributed by atoms with Crippen molar-refractivity contribution in [2.45, 2.75) is 20.8 Å². The SMILES string of the molecule is Cc1c(C(N)=O)c(C)c2nc(-c3c(C(N)=O)sc4ccccc34)[nH]c2c1C. The zero-order valence-electron chi connectivity index (χ0n) is 15.1. The number of H-pyrrole nitrogens is 1. The van der Waals surface area contributed by atoms with E-state index < -0.39 is 11.8 Å². The Kier molecular flexibility index (Phi) is 3.78. The van der Waals surface area contributed by atoms with Gasteiger partial charge < -0.3 is 16.5 Å². The highest BCUT2D eigenvalue weighted by Crippen LogP contribution is 2.39. The van der Waals surface area contributed by atoms with Gasteiger partial charge in [0.2, 0.25) is 5.91 Å². The van der Waals surface area contributed by atoms with Crippen LogP contribution in [0.25, 0.3) is 32.5 Å². The van der Waals surface area contributed by atoms with Crippen molar-refractivity contribution < 1.29 is 9.59 Å². The first kappa shape index (κ1) is 17.2.